The number of carbonyl (C=O) groups is 3. The van der Waals surface area contributed by atoms with Crippen molar-refractivity contribution in [2.75, 3.05) is 18.5 Å². The van der Waals surface area contributed by atoms with Gasteiger partial charge < -0.3 is 14.8 Å². The summed E-state index contributed by atoms with van der Waals surface area (Å²) in [6.07, 6.45) is 1.66. The van der Waals surface area contributed by atoms with E-state index in [0.717, 1.165) is 28.0 Å². The third-order valence-electron chi connectivity index (χ3n) is 5.82. The Kier molecular flexibility index (Phi) is 9.57. The van der Waals surface area contributed by atoms with Crippen molar-refractivity contribution < 1.29 is 23.9 Å². The molecule has 1 fully saturated rings. The minimum absolute atomic E-state index is 0.203. The fraction of sp³-hybridized carbons (Fsp3) is 0.200. The number of hydrogen-bond acceptors (Lipinski definition) is 7. The van der Waals surface area contributed by atoms with Crippen molar-refractivity contribution in [3.05, 3.63) is 94.4 Å². The van der Waals surface area contributed by atoms with Crippen molar-refractivity contribution >= 4 is 57.8 Å². The van der Waals surface area contributed by atoms with E-state index < -0.39 is 11.8 Å². The summed E-state index contributed by atoms with van der Waals surface area (Å²) in [6, 6.07) is 21.4. The number of carbonyl (C=O) groups excluding carboxylic acids is 3. The summed E-state index contributed by atoms with van der Waals surface area (Å²) in [4.78, 5) is 38.5. The van der Waals surface area contributed by atoms with Crippen molar-refractivity contribution in [2.45, 2.75) is 26.7 Å². The van der Waals surface area contributed by atoms with Crippen molar-refractivity contribution in [3.63, 3.8) is 0 Å². The van der Waals surface area contributed by atoms with Gasteiger partial charge in [0.15, 0.2) is 22.4 Å². The molecule has 3 aromatic rings. The van der Waals surface area contributed by atoms with Crippen LogP contribution in [0.4, 0.5) is 5.69 Å². The minimum Gasteiger partial charge on any atom is -0.490 e. The summed E-state index contributed by atoms with van der Waals surface area (Å²) in [7, 11) is 0. The van der Waals surface area contributed by atoms with E-state index in [1.165, 1.54) is 0 Å². The molecular formula is C30H29N3O5S2. The number of thiocarbonyl (C=S) groups is 1. The maximum absolute atomic E-state index is 13.0. The fourth-order valence-electron chi connectivity index (χ4n) is 3.92. The van der Waals surface area contributed by atoms with Crippen molar-refractivity contribution in [1.29, 1.82) is 0 Å². The Hall–Kier alpha value is -4.15. The zero-order valence-corrected chi connectivity index (χ0v) is 23.9. The molecule has 0 aliphatic carbocycles. The zero-order chi connectivity index (χ0) is 28.6. The van der Waals surface area contributed by atoms with E-state index in [0.29, 0.717) is 34.1 Å². The molecule has 206 valence electrons. The molecule has 0 radical (unpaired) electrons. The number of hydrogen-bond donors (Lipinski definition) is 2. The van der Waals surface area contributed by atoms with Gasteiger partial charge in [0.25, 0.3) is 17.7 Å². The molecule has 4 rings (SSSR count). The summed E-state index contributed by atoms with van der Waals surface area (Å²) >= 11 is 6.41. The van der Waals surface area contributed by atoms with Crippen LogP contribution in [0.15, 0.2) is 77.7 Å². The van der Waals surface area contributed by atoms with E-state index in [1.807, 2.05) is 31.2 Å². The van der Waals surface area contributed by atoms with Crippen LogP contribution in [-0.4, -0.2) is 40.3 Å². The van der Waals surface area contributed by atoms with Gasteiger partial charge in [0.05, 0.1) is 11.5 Å². The van der Waals surface area contributed by atoms with Crippen LogP contribution in [0.25, 0.3) is 6.08 Å². The normalized spacial score (nSPS) is 14.0. The van der Waals surface area contributed by atoms with Gasteiger partial charge in [-0.25, -0.2) is 0 Å². The maximum Gasteiger partial charge on any atom is 0.285 e. The van der Waals surface area contributed by atoms with Crippen LogP contribution in [0.1, 0.15) is 48.2 Å². The number of thioether (sulfide) groups is 1. The lowest BCUT2D eigenvalue weighted by Crippen LogP contribution is -2.44. The number of ether oxygens (including phenoxy) is 2. The molecule has 3 amide bonds. The van der Waals surface area contributed by atoms with Gasteiger partial charge in [0.1, 0.15) is 0 Å². The maximum atomic E-state index is 13.0. The summed E-state index contributed by atoms with van der Waals surface area (Å²) in [6.45, 7) is 6.14. The Bertz CT molecular complexity index is 1460. The second kappa shape index (κ2) is 13.3. The molecule has 0 unspecified atom stereocenters. The van der Waals surface area contributed by atoms with Crippen molar-refractivity contribution in [3.8, 4) is 11.5 Å². The highest BCUT2D eigenvalue weighted by Gasteiger charge is 2.33. The molecule has 1 aliphatic heterocycles. The van der Waals surface area contributed by atoms with Crippen LogP contribution < -0.4 is 20.2 Å². The highest BCUT2D eigenvalue weighted by Crippen LogP contribution is 2.34. The molecule has 2 N–H and O–H groups in total. The number of anilines is 1. The molecule has 8 nitrogen and oxygen atoms in total. The summed E-state index contributed by atoms with van der Waals surface area (Å²) in [5.74, 6) is -0.0737. The van der Waals surface area contributed by atoms with Crippen molar-refractivity contribution in [2.24, 2.45) is 0 Å². The second-order valence-electron chi connectivity index (χ2n) is 9.04. The molecule has 0 saturated carbocycles. The summed E-state index contributed by atoms with van der Waals surface area (Å²) < 4.78 is 11.7. The first-order valence-corrected chi connectivity index (χ1v) is 13.9. The first-order chi connectivity index (χ1) is 19.3. The number of para-hydroxylation sites is 1. The molecule has 40 heavy (non-hydrogen) atoms. The van der Waals surface area contributed by atoms with E-state index in [1.54, 1.807) is 54.6 Å². The van der Waals surface area contributed by atoms with Crippen LogP contribution in [-0.2, 0) is 9.59 Å². The molecule has 1 saturated heterocycles. The van der Waals surface area contributed by atoms with Crippen LogP contribution in [0.3, 0.4) is 0 Å². The summed E-state index contributed by atoms with van der Waals surface area (Å²) in [5.41, 5.74) is 5.44. The molecule has 1 aliphatic rings. The van der Waals surface area contributed by atoms with Crippen LogP contribution in [0.5, 0.6) is 11.5 Å². The zero-order valence-electron chi connectivity index (χ0n) is 22.3. The third kappa shape index (κ3) is 7.08. The lowest BCUT2D eigenvalue weighted by atomic mass is 10.0. The molecule has 0 aromatic heterocycles. The van der Waals surface area contributed by atoms with E-state index in [9.17, 15) is 14.4 Å². The van der Waals surface area contributed by atoms with Gasteiger partial charge >= 0.3 is 0 Å². The lowest BCUT2D eigenvalue weighted by molar-refractivity contribution is -0.123. The molecule has 3 aromatic carbocycles. The van der Waals surface area contributed by atoms with Crippen LogP contribution in [0.2, 0.25) is 0 Å². The number of amides is 3. The second-order valence-corrected chi connectivity index (χ2v) is 10.7. The Morgan fingerprint density at radius 3 is 2.45 bits per heavy atom. The molecule has 1 heterocycles. The number of nitrogens with one attached hydrogen (secondary N) is 2. The van der Waals surface area contributed by atoms with E-state index in [4.69, 9.17) is 21.7 Å². The smallest absolute Gasteiger partial charge is 0.285 e. The number of benzene rings is 3. The largest absolute Gasteiger partial charge is 0.490 e. The predicted molar refractivity (Wildman–Crippen MR) is 161 cm³/mol. The monoisotopic (exact) mass is 575 g/mol. The Morgan fingerprint density at radius 2 is 1.73 bits per heavy atom. The fourth-order valence-corrected chi connectivity index (χ4v) is 5.10. The lowest BCUT2D eigenvalue weighted by Gasteiger charge is -2.15. The van der Waals surface area contributed by atoms with Crippen molar-refractivity contribution in [1.82, 2.24) is 10.4 Å². The van der Waals surface area contributed by atoms with Crippen LogP contribution >= 0.6 is 24.0 Å². The first-order valence-electron chi connectivity index (χ1n) is 12.7. The Morgan fingerprint density at radius 1 is 1.00 bits per heavy atom. The number of rotatable bonds is 10. The quantitative estimate of drug-likeness (QED) is 0.234. The standard InChI is InChI=1S/C30H29N3O5S2/c1-4-37-25-16-20(14-15-24(25)38-18-27(34)31-23-13-9-8-12-22(23)19(2)3)17-26-29(36)33(30(39)40-26)32-28(35)21-10-6-5-7-11-21/h5-17,19H,4,18H2,1-3H3,(H,31,34)(H,32,35)/b26-17+. The van der Waals surface area contributed by atoms with Gasteiger partial charge in [0, 0.05) is 11.3 Å². The van der Waals surface area contributed by atoms with Gasteiger partial charge in [-0.05, 0) is 72.6 Å². The molecule has 10 heteroatoms. The number of nitrogens with zero attached hydrogens (tertiary/aromatic N) is 1. The van der Waals surface area contributed by atoms with Gasteiger partial charge in [-0.1, -0.05) is 68.1 Å². The SMILES string of the molecule is CCOc1cc(/C=C2/SC(=S)N(NC(=O)c3ccccc3)C2=O)ccc1OCC(=O)Nc1ccccc1C(C)C. The Balaban J connectivity index is 1.43. The predicted octanol–water partition coefficient (Wildman–Crippen LogP) is 5.77. The average Bonchev–Trinajstić information content (AvgIpc) is 3.20. The van der Waals surface area contributed by atoms with Gasteiger partial charge in [-0.2, -0.15) is 5.01 Å². The topological polar surface area (TPSA) is 97.0 Å². The number of hydrazine groups is 1. The molecule has 0 atom stereocenters. The van der Waals surface area contributed by atoms with Crippen LogP contribution in [0, 0.1) is 0 Å². The van der Waals surface area contributed by atoms with E-state index in [-0.39, 0.29) is 22.8 Å². The molecule has 0 spiro atoms. The first kappa shape index (κ1) is 28.8. The highest BCUT2D eigenvalue weighted by atomic mass is 32.2. The van der Waals surface area contributed by atoms with Gasteiger partial charge in [0.2, 0.25) is 0 Å². The third-order valence-corrected chi connectivity index (χ3v) is 7.13. The molecule has 0 bridgehead atoms. The highest BCUT2D eigenvalue weighted by molar-refractivity contribution is 8.26. The van der Waals surface area contributed by atoms with Gasteiger partial charge in [-0.15, -0.1) is 0 Å². The average molecular weight is 576 g/mol. The van der Waals surface area contributed by atoms with E-state index >= 15 is 0 Å². The van der Waals surface area contributed by atoms with Gasteiger partial charge in [-0.3, -0.25) is 19.8 Å². The minimum atomic E-state index is -0.435. The Labute approximate surface area is 242 Å². The molecular weight excluding hydrogens is 546 g/mol. The van der Waals surface area contributed by atoms with E-state index in [2.05, 4.69) is 24.6 Å². The summed E-state index contributed by atoms with van der Waals surface area (Å²) in [5, 5.41) is 3.98.